The molecule has 4 nitrogen and oxygen atoms in total. The van der Waals surface area contributed by atoms with Gasteiger partial charge in [-0.05, 0) is 37.7 Å². The van der Waals surface area contributed by atoms with Crippen LogP contribution in [-0.2, 0) is 11.3 Å². The van der Waals surface area contributed by atoms with Crippen LogP contribution < -0.4 is 5.32 Å². The Hall–Kier alpha value is -3.02. The van der Waals surface area contributed by atoms with Gasteiger partial charge in [0.1, 0.15) is 5.01 Å². The molecule has 0 fully saturated rings. The van der Waals surface area contributed by atoms with E-state index in [1.54, 1.807) is 11.3 Å². The lowest BCUT2D eigenvalue weighted by atomic mass is 10.0. The summed E-state index contributed by atoms with van der Waals surface area (Å²) in [5, 5.41) is 4.12. The van der Waals surface area contributed by atoms with Crippen molar-refractivity contribution in [3.8, 4) is 11.1 Å². The van der Waals surface area contributed by atoms with Crippen LogP contribution in [0.15, 0.2) is 78.9 Å². The van der Waals surface area contributed by atoms with Crippen LogP contribution in [0.25, 0.3) is 21.3 Å². The molecule has 0 aliphatic rings. The van der Waals surface area contributed by atoms with E-state index in [0.29, 0.717) is 6.54 Å². The summed E-state index contributed by atoms with van der Waals surface area (Å²) >= 11 is 1.67. The Morgan fingerprint density at radius 3 is 2.48 bits per heavy atom. The van der Waals surface area contributed by atoms with Crippen molar-refractivity contribution in [1.82, 2.24) is 9.88 Å². The summed E-state index contributed by atoms with van der Waals surface area (Å²) in [5.41, 5.74) is 3.93. The van der Waals surface area contributed by atoms with Crippen LogP contribution in [0, 0.1) is 0 Å². The Morgan fingerprint density at radius 1 is 1.00 bits per heavy atom. The van der Waals surface area contributed by atoms with E-state index in [9.17, 15) is 4.79 Å². The molecule has 0 aliphatic heterocycles. The topological polar surface area (TPSA) is 45.2 Å². The van der Waals surface area contributed by atoms with Gasteiger partial charge in [0.15, 0.2) is 0 Å². The first kappa shape index (κ1) is 19.3. The number of aromatic nitrogens is 1. The number of likely N-dealkylation sites (N-methyl/N-ethyl adjacent to an activating group) is 1. The lowest BCUT2D eigenvalue weighted by Crippen LogP contribution is -2.39. The number of thiazole rings is 1. The Labute approximate surface area is 174 Å². The molecular weight excluding hydrogens is 378 g/mol. The number of rotatable bonds is 6. The van der Waals surface area contributed by atoms with Gasteiger partial charge in [-0.2, -0.15) is 0 Å². The molecule has 1 N–H and O–H groups in total. The fraction of sp³-hybridized carbons (Fsp3) is 0.167. The summed E-state index contributed by atoms with van der Waals surface area (Å²) in [5.74, 6) is -0.0306. The number of carbonyl (C=O) groups is 1. The molecule has 5 heteroatoms. The van der Waals surface area contributed by atoms with Crippen molar-refractivity contribution in [2.75, 3.05) is 12.4 Å². The van der Waals surface area contributed by atoms with E-state index in [0.717, 1.165) is 27.3 Å². The van der Waals surface area contributed by atoms with Gasteiger partial charge in [-0.1, -0.05) is 60.7 Å². The molecule has 4 rings (SSSR count). The predicted octanol–water partition coefficient (Wildman–Crippen LogP) is 5.42. The fourth-order valence-electron chi connectivity index (χ4n) is 3.24. The Morgan fingerprint density at radius 2 is 1.69 bits per heavy atom. The number of amides is 1. The average Bonchev–Trinajstić information content (AvgIpc) is 3.16. The number of nitrogens with zero attached hydrogens (tertiary/aromatic N) is 2. The van der Waals surface area contributed by atoms with E-state index < -0.39 is 0 Å². The number of para-hydroxylation sites is 2. The van der Waals surface area contributed by atoms with Gasteiger partial charge in [-0.15, -0.1) is 11.3 Å². The third-order valence-electron chi connectivity index (χ3n) is 5.03. The molecule has 29 heavy (non-hydrogen) atoms. The summed E-state index contributed by atoms with van der Waals surface area (Å²) in [6.45, 7) is 2.56. The number of hydrogen-bond acceptors (Lipinski definition) is 4. The highest BCUT2D eigenvalue weighted by Crippen LogP contribution is 2.28. The van der Waals surface area contributed by atoms with Gasteiger partial charge in [0, 0.05) is 11.3 Å². The average molecular weight is 402 g/mol. The second-order valence-electron chi connectivity index (χ2n) is 7.07. The SMILES string of the molecule is C[C@H](C(=O)Nc1ccccc1-c1ccccc1)N(C)Cc1nc2ccccc2s1. The van der Waals surface area contributed by atoms with Gasteiger partial charge in [0.05, 0.1) is 22.8 Å². The predicted molar refractivity (Wildman–Crippen MR) is 121 cm³/mol. The third-order valence-corrected chi connectivity index (χ3v) is 6.05. The van der Waals surface area contributed by atoms with E-state index in [-0.39, 0.29) is 11.9 Å². The highest BCUT2D eigenvalue weighted by molar-refractivity contribution is 7.18. The maximum atomic E-state index is 12.9. The third kappa shape index (κ3) is 4.36. The minimum Gasteiger partial charge on any atom is -0.324 e. The van der Waals surface area contributed by atoms with E-state index in [1.807, 2.05) is 91.7 Å². The van der Waals surface area contributed by atoms with Crippen molar-refractivity contribution in [2.45, 2.75) is 19.5 Å². The zero-order valence-corrected chi connectivity index (χ0v) is 17.3. The summed E-state index contributed by atoms with van der Waals surface area (Å²) in [6.07, 6.45) is 0. The molecule has 1 aromatic heterocycles. The highest BCUT2D eigenvalue weighted by atomic mass is 32.1. The number of nitrogens with one attached hydrogen (secondary N) is 1. The standard InChI is InChI=1S/C24H23N3OS/c1-17(27(2)16-23-25-21-14-8-9-15-22(21)29-23)24(28)26-20-13-7-6-12-19(20)18-10-4-3-5-11-18/h3-15,17H,16H2,1-2H3,(H,26,28)/t17-/m1/s1. The minimum absolute atomic E-state index is 0.0306. The molecule has 146 valence electrons. The van der Waals surface area contributed by atoms with Crippen LogP contribution in [-0.4, -0.2) is 28.9 Å². The van der Waals surface area contributed by atoms with Crippen molar-refractivity contribution in [1.29, 1.82) is 0 Å². The van der Waals surface area contributed by atoms with E-state index in [2.05, 4.69) is 16.4 Å². The van der Waals surface area contributed by atoms with Crippen LogP contribution in [0.1, 0.15) is 11.9 Å². The molecule has 0 aliphatic carbocycles. The van der Waals surface area contributed by atoms with Gasteiger partial charge >= 0.3 is 0 Å². The molecule has 1 amide bonds. The molecule has 0 saturated carbocycles. The molecule has 0 spiro atoms. The maximum absolute atomic E-state index is 12.9. The molecule has 0 radical (unpaired) electrons. The fourth-order valence-corrected chi connectivity index (χ4v) is 4.27. The van der Waals surface area contributed by atoms with Crippen molar-refractivity contribution in [3.63, 3.8) is 0 Å². The second-order valence-corrected chi connectivity index (χ2v) is 8.18. The number of anilines is 1. The van der Waals surface area contributed by atoms with Crippen LogP contribution in [0.5, 0.6) is 0 Å². The summed E-state index contributed by atoms with van der Waals surface area (Å²) in [7, 11) is 1.96. The van der Waals surface area contributed by atoms with E-state index in [1.165, 1.54) is 4.70 Å². The van der Waals surface area contributed by atoms with Crippen molar-refractivity contribution in [3.05, 3.63) is 83.9 Å². The molecule has 0 unspecified atom stereocenters. The minimum atomic E-state index is -0.286. The van der Waals surface area contributed by atoms with Crippen molar-refractivity contribution < 1.29 is 4.79 Å². The molecule has 4 aromatic rings. The lowest BCUT2D eigenvalue weighted by Gasteiger charge is -2.23. The normalized spacial score (nSPS) is 12.2. The molecule has 1 heterocycles. The van der Waals surface area contributed by atoms with E-state index in [4.69, 9.17) is 0 Å². The zero-order valence-electron chi connectivity index (χ0n) is 16.5. The van der Waals surface area contributed by atoms with E-state index >= 15 is 0 Å². The molecule has 3 aromatic carbocycles. The van der Waals surface area contributed by atoms with Crippen LogP contribution >= 0.6 is 11.3 Å². The van der Waals surface area contributed by atoms with Crippen LogP contribution in [0.3, 0.4) is 0 Å². The highest BCUT2D eigenvalue weighted by Gasteiger charge is 2.20. The first-order valence-corrected chi connectivity index (χ1v) is 10.4. The van der Waals surface area contributed by atoms with Gasteiger partial charge in [0.2, 0.25) is 5.91 Å². The smallest absolute Gasteiger partial charge is 0.241 e. The largest absolute Gasteiger partial charge is 0.324 e. The molecule has 0 saturated heterocycles. The first-order valence-electron chi connectivity index (χ1n) is 9.62. The number of benzene rings is 3. The van der Waals surface area contributed by atoms with Crippen molar-refractivity contribution >= 4 is 33.1 Å². The Bertz CT molecular complexity index is 1090. The second kappa shape index (κ2) is 8.55. The lowest BCUT2D eigenvalue weighted by molar-refractivity contribution is -0.120. The monoisotopic (exact) mass is 401 g/mol. The maximum Gasteiger partial charge on any atom is 0.241 e. The zero-order chi connectivity index (χ0) is 20.2. The Balaban J connectivity index is 1.47. The number of fused-ring (bicyclic) bond motifs is 1. The van der Waals surface area contributed by atoms with Crippen LogP contribution in [0.4, 0.5) is 5.69 Å². The Kier molecular flexibility index (Phi) is 5.69. The van der Waals surface area contributed by atoms with Crippen molar-refractivity contribution in [2.24, 2.45) is 0 Å². The molecular formula is C24H23N3OS. The number of carbonyl (C=O) groups excluding carboxylic acids is 1. The summed E-state index contributed by atoms with van der Waals surface area (Å²) in [4.78, 5) is 19.6. The molecule has 0 bridgehead atoms. The first-order chi connectivity index (χ1) is 14.1. The quantitative estimate of drug-likeness (QED) is 0.469. The van der Waals surface area contributed by atoms with Gasteiger partial charge in [0.25, 0.3) is 0 Å². The van der Waals surface area contributed by atoms with Gasteiger partial charge in [-0.25, -0.2) is 4.98 Å². The summed E-state index contributed by atoms with van der Waals surface area (Å²) in [6, 6.07) is 25.8. The number of hydrogen-bond donors (Lipinski definition) is 1. The van der Waals surface area contributed by atoms with Crippen LogP contribution in [0.2, 0.25) is 0 Å². The summed E-state index contributed by atoms with van der Waals surface area (Å²) < 4.78 is 1.17. The van der Waals surface area contributed by atoms with Gasteiger partial charge < -0.3 is 5.32 Å². The van der Waals surface area contributed by atoms with Gasteiger partial charge in [-0.3, -0.25) is 9.69 Å². The molecule has 1 atom stereocenters.